The van der Waals surface area contributed by atoms with E-state index < -0.39 is 0 Å². The molecule has 1 aromatic heterocycles. The van der Waals surface area contributed by atoms with Gasteiger partial charge in [0.05, 0.1) is 5.69 Å². The highest BCUT2D eigenvalue weighted by atomic mass is 79.9. The summed E-state index contributed by atoms with van der Waals surface area (Å²) >= 11 is 10.8. The molecule has 0 saturated heterocycles. The van der Waals surface area contributed by atoms with Crippen molar-refractivity contribution in [3.63, 3.8) is 0 Å². The third-order valence-electron chi connectivity index (χ3n) is 2.27. The van der Waals surface area contributed by atoms with E-state index in [4.69, 9.17) is 11.6 Å². The average Bonchev–Trinajstić information content (AvgIpc) is 2.57. The van der Waals surface area contributed by atoms with Crippen molar-refractivity contribution in [3.05, 3.63) is 49.3 Å². The van der Waals surface area contributed by atoms with Crippen LogP contribution in [0.5, 0.6) is 0 Å². The molecule has 0 amide bonds. The molecule has 1 nitrogen and oxygen atoms in total. The van der Waals surface area contributed by atoms with Crippen LogP contribution in [0.15, 0.2) is 28.7 Å². The number of rotatable bonds is 3. The third-order valence-corrected chi connectivity index (χ3v) is 4.75. The molecule has 0 aliphatic carbocycles. The van der Waals surface area contributed by atoms with E-state index >= 15 is 0 Å². The molecule has 1 aromatic carbocycles. The number of hydrogen-bond donors (Lipinski definition) is 1. The van der Waals surface area contributed by atoms with Crippen molar-refractivity contribution in [1.82, 2.24) is 0 Å². The molecule has 0 aliphatic rings. The zero-order valence-corrected chi connectivity index (χ0v) is 12.2. The predicted molar refractivity (Wildman–Crippen MR) is 75.5 cm³/mol. The first kappa shape index (κ1) is 12.9. The maximum atomic E-state index is 13.5. The van der Waals surface area contributed by atoms with Gasteiger partial charge in [-0.3, -0.25) is 0 Å². The lowest BCUT2D eigenvalue weighted by Crippen LogP contribution is -1.99. The summed E-state index contributed by atoms with van der Waals surface area (Å²) in [4.78, 5) is 1.06. The summed E-state index contributed by atoms with van der Waals surface area (Å²) in [6.45, 7) is 2.43. The Balaban J connectivity index is 2.07. The second-order valence-corrected chi connectivity index (χ2v) is 6.26. The first-order chi connectivity index (χ1) is 8.06. The normalized spacial score (nSPS) is 10.6. The van der Waals surface area contributed by atoms with Crippen LogP contribution >= 0.6 is 38.9 Å². The van der Waals surface area contributed by atoms with E-state index in [1.165, 1.54) is 17.4 Å². The smallest absolute Gasteiger partial charge is 0.146 e. The highest BCUT2D eigenvalue weighted by molar-refractivity contribution is 9.10. The van der Waals surface area contributed by atoms with E-state index in [0.717, 1.165) is 14.9 Å². The van der Waals surface area contributed by atoms with Crippen LogP contribution in [0.1, 0.15) is 10.4 Å². The number of halogens is 3. The van der Waals surface area contributed by atoms with Gasteiger partial charge in [-0.15, -0.1) is 11.3 Å². The molecule has 90 valence electrons. The maximum Gasteiger partial charge on any atom is 0.146 e. The van der Waals surface area contributed by atoms with Crippen LogP contribution < -0.4 is 5.32 Å². The Morgan fingerprint density at radius 1 is 1.41 bits per heavy atom. The van der Waals surface area contributed by atoms with Crippen molar-refractivity contribution in [2.45, 2.75) is 13.5 Å². The fourth-order valence-electron chi connectivity index (χ4n) is 1.42. The Morgan fingerprint density at radius 3 is 2.76 bits per heavy atom. The van der Waals surface area contributed by atoms with Crippen molar-refractivity contribution in [3.8, 4) is 0 Å². The molecular formula is C12H10BrClFNS. The highest BCUT2D eigenvalue weighted by Crippen LogP contribution is 2.32. The molecule has 0 bridgehead atoms. The first-order valence-electron chi connectivity index (χ1n) is 5.00. The number of nitrogens with one attached hydrogen (secondary N) is 1. The van der Waals surface area contributed by atoms with Gasteiger partial charge in [0.2, 0.25) is 0 Å². The van der Waals surface area contributed by atoms with Crippen molar-refractivity contribution in [2.75, 3.05) is 5.32 Å². The Bertz CT molecular complexity index is 522. The SMILES string of the molecule is Cc1ccc(NCc2cc(Br)c(Cl)s2)c(F)c1. The summed E-state index contributed by atoms with van der Waals surface area (Å²) in [6.07, 6.45) is 0. The van der Waals surface area contributed by atoms with Gasteiger partial charge in [-0.1, -0.05) is 17.7 Å². The minimum absolute atomic E-state index is 0.230. The molecule has 0 aliphatic heterocycles. The first-order valence-corrected chi connectivity index (χ1v) is 6.99. The Labute approximate surface area is 117 Å². The molecule has 2 rings (SSSR count). The number of thiophene rings is 1. The lowest BCUT2D eigenvalue weighted by atomic mass is 10.2. The molecule has 0 radical (unpaired) electrons. The van der Waals surface area contributed by atoms with E-state index in [1.807, 2.05) is 19.1 Å². The largest absolute Gasteiger partial charge is 0.378 e. The molecule has 0 unspecified atom stereocenters. The zero-order valence-electron chi connectivity index (χ0n) is 9.06. The Morgan fingerprint density at radius 2 is 2.18 bits per heavy atom. The molecular weight excluding hydrogens is 325 g/mol. The van der Waals surface area contributed by atoms with Gasteiger partial charge in [-0.25, -0.2) is 4.39 Å². The van der Waals surface area contributed by atoms with Crippen LogP contribution in [0.25, 0.3) is 0 Å². The fourth-order valence-corrected chi connectivity index (χ4v) is 3.15. The van der Waals surface area contributed by atoms with E-state index in [0.29, 0.717) is 16.6 Å². The summed E-state index contributed by atoms with van der Waals surface area (Å²) in [5.74, 6) is -0.230. The molecule has 1 N–H and O–H groups in total. The lowest BCUT2D eigenvalue weighted by molar-refractivity contribution is 0.629. The summed E-state index contributed by atoms with van der Waals surface area (Å²) < 4.78 is 15.1. The van der Waals surface area contributed by atoms with Gasteiger partial charge in [-0.2, -0.15) is 0 Å². The second kappa shape index (κ2) is 5.38. The Kier molecular flexibility index (Phi) is 4.07. The van der Waals surface area contributed by atoms with Crippen LogP contribution in [-0.2, 0) is 6.54 Å². The number of aryl methyl sites for hydroxylation is 1. The van der Waals surface area contributed by atoms with Crippen molar-refractivity contribution < 1.29 is 4.39 Å². The summed E-state index contributed by atoms with van der Waals surface area (Å²) in [6, 6.07) is 7.07. The van der Waals surface area contributed by atoms with Crippen LogP contribution in [0.3, 0.4) is 0 Å². The van der Waals surface area contributed by atoms with Gasteiger partial charge in [0.25, 0.3) is 0 Å². The van der Waals surface area contributed by atoms with E-state index in [1.54, 1.807) is 6.07 Å². The van der Waals surface area contributed by atoms with E-state index in [2.05, 4.69) is 21.2 Å². The Hall–Kier alpha value is -0.580. The van der Waals surface area contributed by atoms with Gasteiger partial charge >= 0.3 is 0 Å². The fraction of sp³-hybridized carbons (Fsp3) is 0.167. The zero-order chi connectivity index (χ0) is 12.4. The van der Waals surface area contributed by atoms with Gasteiger partial charge in [0, 0.05) is 15.9 Å². The van der Waals surface area contributed by atoms with Crippen LogP contribution in [0.2, 0.25) is 4.34 Å². The minimum Gasteiger partial charge on any atom is -0.378 e. The third kappa shape index (κ3) is 3.21. The average molecular weight is 335 g/mol. The van der Waals surface area contributed by atoms with Crippen molar-refractivity contribution in [1.29, 1.82) is 0 Å². The second-order valence-electron chi connectivity index (χ2n) is 3.67. The van der Waals surface area contributed by atoms with Crippen LogP contribution in [0.4, 0.5) is 10.1 Å². The molecule has 2 aromatic rings. The summed E-state index contributed by atoms with van der Waals surface area (Å²) in [5, 5.41) is 3.05. The molecule has 0 saturated carbocycles. The lowest BCUT2D eigenvalue weighted by Gasteiger charge is -2.06. The topological polar surface area (TPSA) is 12.0 Å². The number of anilines is 1. The molecule has 0 spiro atoms. The van der Waals surface area contributed by atoms with Gasteiger partial charge in [0.1, 0.15) is 10.2 Å². The summed E-state index contributed by atoms with van der Waals surface area (Å²) in [7, 11) is 0. The molecule has 17 heavy (non-hydrogen) atoms. The van der Waals surface area contributed by atoms with E-state index in [-0.39, 0.29) is 5.82 Å². The molecule has 1 heterocycles. The van der Waals surface area contributed by atoms with E-state index in [9.17, 15) is 4.39 Å². The maximum absolute atomic E-state index is 13.5. The number of hydrogen-bond acceptors (Lipinski definition) is 2. The monoisotopic (exact) mass is 333 g/mol. The van der Waals surface area contributed by atoms with Gasteiger partial charge in [0.15, 0.2) is 0 Å². The van der Waals surface area contributed by atoms with Crippen LogP contribution in [0, 0.1) is 12.7 Å². The van der Waals surface area contributed by atoms with Crippen LogP contribution in [-0.4, -0.2) is 0 Å². The van der Waals surface area contributed by atoms with Crippen molar-refractivity contribution >= 4 is 44.6 Å². The standard InChI is InChI=1S/C12H10BrClFNS/c1-7-2-3-11(10(15)4-7)16-6-8-5-9(13)12(14)17-8/h2-5,16H,6H2,1H3. The van der Waals surface area contributed by atoms with Gasteiger partial charge in [-0.05, 0) is 46.6 Å². The predicted octanol–water partition coefficient (Wildman–Crippen LogP) is 5.22. The minimum atomic E-state index is -0.230. The van der Waals surface area contributed by atoms with Crippen molar-refractivity contribution in [2.24, 2.45) is 0 Å². The molecule has 0 atom stereocenters. The molecule has 0 fully saturated rings. The molecule has 5 heteroatoms. The quantitative estimate of drug-likeness (QED) is 0.811. The highest BCUT2D eigenvalue weighted by Gasteiger charge is 2.06. The number of benzene rings is 1. The summed E-state index contributed by atoms with van der Waals surface area (Å²) in [5.41, 5.74) is 1.42. The van der Waals surface area contributed by atoms with Gasteiger partial charge < -0.3 is 5.32 Å².